The third-order valence-electron chi connectivity index (χ3n) is 5.67. The van der Waals surface area contributed by atoms with E-state index in [1.54, 1.807) is 4.90 Å². The van der Waals surface area contributed by atoms with Gasteiger partial charge in [-0.2, -0.15) is 0 Å². The predicted octanol–water partition coefficient (Wildman–Crippen LogP) is 4.19. The number of anilines is 1. The minimum Gasteiger partial charge on any atom is -0.455 e. The maximum absolute atomic E-state index is 13.8. The molecule has 2 amide bonds. The number of nitrogens with one attached hydrogen (secondary N) is 1. The van der Waals surface area contributed by atoms with E-state index in [9.17, 15) is 9.18 Å². The first-order chi connectivity index (χ1) is 14.7. The normalized spacial score (nSPS) is 18.2. The van der Waals surface area contributed by atoms with Crippen LogP contribution in [0.5, 0.6) is 11.5 Å². The number of halogens is 1. The third kappa shape index (κ3) is 5.49. The summed E-state index contributed by atoms with van der Waals surface area (Å²) in [6.07, 6.45) is 2.23. The second-order valence-electron chi connectivity index (χ2n) is 7.83. The molecule has 6 nitrogen and oxygen atoms in total. The zero-order chi connectivity index (χ0) is 20.8. The number of benzene rings is 2. The van der Waals surface area contributed by atoms with Crippen molar-refractivity contribution in [3.63, 3.8) is 0 Å². The smallest absolute Gasteiger partial charge is 0.322 e. The van der Waals surface area contributed by atoms with Gasteiger partial charge in [0.25, 0.3) is 0 Å². The Balaban J connectivity index is 1.33. The lowest BCUT2D eigenvalue weighted by molar-refractivity contribution is 0.0457. The molecule has 2 fully saturated rings. The Kier molecular flexibility index (Phi) is 6.81. The number of carbonyl (C=O) groups excluding carboxylic acids is 1. The van der Waals surface area contributed by atoms with E-state index in [1.807, 2.05) is 30.3 Å². The largest absolute Gasteiger partial charge is 0.455 e. The van der Waals surface area contributed by atoms with Crippen molar-refractivity contribution in [2.24, 2.45) is 5.92 Å². The minimum absolute atomic E-state index is 0.232. The van der Waals surface area contributed by atoms with E-state index in [-0.39, 0.29) is 6.03 Å². The van der Waals surface area contributed by atoms with Crippen LogP contribution in [0, 0.1) is 11.7 Å². The Morgan fingerprint density at radius 2 is 1.80 bits per heavy atom. The van der Waals surface area contributed by atoms with Crippen LogP contribution in [0.15, 0.2) is 48.5 Å². The van der Waals surface area contributed by atoms with Gasteiger partial charge in [0.15, 0.2) is 5.75 Å². The molecule has 2 aliphatic heterocycles. The van der Waals surface area contributed by atoms with E-state index < -0.39 is 5.82 Å². The summed E-state index contributed by atoms with van der Waals surface area (Å²) in [4.78, 5) is 17.0. The number of hydrogen-bond acceptors (Lipinski definition) is 4. The van der Waals surface area contributed by atoms with Gasteiger partial charge in [0.1, 0.15) is 11.6 Å². The zero-order valence-corrected chi connectivity index (χ0v) is 17.1. The summed E-state index contributed by atoms with van der Waals surface area (Å²) >= 11 is 0. The average Bonchev–Trinajstić information content (AvgIpc) is 2.77. The lowest BCUT2D eigenvalue weighted by atomic mass is 9.99. The fourth-order valence-corrected chi connectivity index (χ4v) is 3.93. The number of amides is 2. The predicted molar refractivity (Wildman–Crippen MR) is 113 cm³/mol. The number of ether oxygens (including phenoxy) is 2. The maximum atomic E-state index is 13.8. The number of hydrogen-bond donors (Lipinski definition) is 1. The average molecular weight is 413 g/mol. The van der Waals surface area contributed by atoms with Gasteiger partial charge in [-0.25, -0.2) is 9.18 Å². The van der Waals surface area contributed by atoms with Crippen LogP contribution in [0.3, 0.4) is 0 Å². The van der Waals surface area contributed by atoms with E-state index in [1.165, 1.54) is 18.2 Å². The Morgan fingerprint density at radius 3 is 2.53 bits per heavy atom. The van der Waals surface area contributed by atoms with Crippen molar-refractivity contribution in [1.29, 1.82) is 0 Å². The Hall–Kier alpha value is -2.64. The van der Waals surface area contributed by atoms with Crippen LogP contribution in [-0.4, -0.2) is 61.8 Å². The summed E-state index contributed by atoms with van der Waals surface area (Å²) in [5, 5.41) is 2.82. The molecule has 0 spiro atoms. The molecule has 2 aromatic rings. The first-order valence-corrected chi connectivity index (χ1v) is 10.6. The molecule has 1 N–H and O–H groups in total. The molecule has 0 saturated carbocycles. The summed E-state index contributed by atoms with van der Waals surface area (Å²) in [5.41, 5.74) is 0.327. The lowest BCUT2D eigenvalue weighted by Crippen LogP contribution is -2.51. The second kappa shape index (κ2) is 9.91. The van der Waals surface area contributed by atoms with E-state index in [4.69, 9.17) is 9.47 Å². The highest BCUT2D eigenvalue weighted by molar-refractivity contribution is 5.91. The summed E-state index contributed by atoms with van der Waals surface area (Å²) < 4.78 is 25.1. The monoisotopic (exact) mass is 413 g/mol. The number of para-hydroxylation sites is 1. The molecule has 4 rings (SSSR count). The topological polar surface area (TPSA) is 54.0 Å². The Morgan fingerprint density at radius 1 is 1.07 bits per heavy atom. The highest BCUT2D eigenvalue weighted by Crippen LogP contribution is 2.30. The highest BCUT2D eigenvalue weighted by atomic mass is 19.1. The van der Waals surface area contributed by atoms with Crippen LogP contribution >= 0.6 is 0 Å². The van der Waals surface area contributed by atoms with Gasteiger partial charge in [-0.1, -0.05) is 18.2 Å². The van der Waals surface area contributed by atoms with Crippen molar-refractivity contribution in [2.45, 2.75) is 12.8 Å². The number of rotatable bonds is 5. The third-order valence-corrected chi connectivity index (χ3v) is 5.67. The standard InChI is InChI=1S/C23H28FN3O3/c24-19-6-7-22(30-20-4-2-1-3-5-20)21(16-19)25-23(28)27-12-10-26(11-13-27)17-18-8-14-29-15-9-18/h1-7,16,18H,8-15,17H2,(H,25,28). The first-order valence-electron chi connectivity index (χ1n) is 10.6. The van der Waals surface area contributed by atoms with E-state index in [2.05, 4.69) is 10.2 Å². The first kappa shape index (κ1) is 20.6. The molecule has 0 radical (unpaired) electrons. The van der Waals surface area contributed by atoms with Crippen molar-refractivity contribution < 1.29 is 18.7 Å². The maximum Gasteiger partial charge on any atom is 0.322 e. The molecule has 0 aromatic heterocycles. The SMILES string of the molecule is O=C(Nc1cc(F)ccc1Oc1ccccc1)N1CCN(CC2CCOCC2)CC1. The van der Waals surface area contributed by atoms with Gasteiger partial charge in [0, 0.05) is 52.0 Å². The summed E-state index contributed by atoms with van der Waals surface area (Å²) in [5.74, 6) is 1.30. The fraction of sp³-hybridized carbons (Fsp3) is 0.435. The van der Waals surface area contributed by atoms with Gasteiger partial charge < -0.3 is 19.7 Å². The Labute approximate surface area is 176 Å². The van der Waals surface area contributed by atoms with Gasteiger partial charge in [-0.05, 0) is 43.0 Å². The van der Waals surface area contributed by atoms with Crippen LogP contribution < -0.4 is 10.1 Å². The zero-order valence-electron chi connectivity index (χ0n) is 17.1. The van der Waals surface area contributed by atoms with Gasteiger partial charge >= 0.3 is 6.03 Å². The molecule has 30 heavy (non-hydrogen) atoms. The van der Waals surface area contributed by atoms with Crippen LogP contribution in [0.25, 0.3) is 0 Å². The molecular formula is C23H28FN3O3. The fourth-order valence-electron chi connectivity index (χ4n) is 3.93. The van der Waals surface area contributed by atoms with Crippen molar-refractivity contribution >= 4 is 11.7 Å². The molecule has 0 aliphatic carbocycles. The Bertz CT molecular complexity index is 835. The number of carbonyl (C=O) groups is 1. The van der Waals surface area contributed by atoms with Crippen molar-refractivity contribution in [2.75, 3.05) is 51.3 Å². The molecule has 2 saturated heterocycles. The second-order valence-corrected chi connectivity index (χ2v) is 7.83. The van der Waals surface area contributed by atoms with Gasteiger partial charge in [-0.15, -0.1) is 0 Å². The molecule has 0 unspecified atom stereocenters. The van der Waals surface area contributed by atoms with E-state index in [0.717, 1.165) is 45.7 Å². The van der Waals surface area contributed by atoms with Gasteiger partial charge in [-0.3, -0.25) is 4.90 Å². The van der Waals surface area contributed by atoms with Crippen LogP contribution in [0.2, 0.25) is 0 Å². The summed E-state index contributed by atoms with van der Waals surface area (Å²) in [6.45, 7) is 5.78. The summed E-state index contributed by atoms with van der Waals surface area (Å²) in [6, 6.07) is 13.1. The van der Waals surface area contributed by atoms with Crippen molar-refractivity contribution in [3.8, 4) is 11.5 Å². The molecule has 2 heterocycles. The van der Waals surface area contributed by atoms with Crippen molar-refractivity contribution in [3.05, 3.63) is 54.3 Å². The minimum atomic E-state index is -0.424. The van der Waals surface area contributed by atoms with Crippen molar-refractivity contribution in [1.82, 2.24) is 9.80 Å². The molecule has 0 bridgehead atoms. The van der Waals surface area contributed by atoms with E-state index >= 15 is 0 Å². The molecular weight excluding hydrogens is 385 g/mol. The highest BCUT2D eigenvalue weighted by Gasteiger charge is 2.24. The molecule has 2 aromatic carbocycles. The quantitative estimate of drug-likeness (QED) is 0.799. The lowest BCUT2D eigenvalue weighted by Gasteiger charge is -2.37. The van der Waals surface area contributed by atoms with Crippen LogP contribution in [-0.2, 0) is 4.74 Å². The molecule has 160 valence electrons. The van der Waals surface area contributed by atoms with Gasteiger partial charge in [0.05, 0.1) is 5.69 Å². The molecule has 2 aliphatic rings. The van der Waals surface area contributed by atoms with E-state index in [0.29, 0.717) is 36.2 Å². The molecule has 0 atom stereocenters. The van der Waals surface area contributed by atoms with Crippen LogP contribution in [0.4, 0.5) is 14.9 Å². The van der Waals surface area contributed by atoms with Gasteiger partial charge in [0.2, 0.25) is 0 Å². The molecule has 7 heteroatoms. The number of piperazine rings is 1. The summed E-state index contributed by atoms with van der Waals surface area (Å²) in [7, 11) is 0. The number of urea groups is 1. The van der Waals surface area contributed by atoms with Crippen LogP contribution in [0.1, 0.15) is 12.8 Å². The number of nitrogens with zero attached hydrogens (tertiary/aromatic N) is 2.